The minimum atomic E-state index is -0.0946. The summed E-state index contributed by atoms with van der Waals surface area (Å²) < 4.78 is 0. The number of nitrogens with zero attached hydrogens (tertiary/aromatic N) is 1. The van der Waals surface area contributed by atoms with Crippen LogP contribution >= 0.6 is 11.8 Å². The molecule has 1 aromatic carbocycles. The van der Waals surface area contributed by atoms with Crippen LogP contribution in [0.3, 0.4) is 0 Å². The van der Waals surface area contributed by atoms with Gasteiger partial charge in [0.15, 0.2) is 0 Å². The minimum Gasteiger partial charge on any atom is -0.356 e. The van der Waals surface area contributed by atoms with E-state index in [1.807, 2.05) is 49.1 Å². The molecule has 1 N–H and O–H groups in total. The lowest BCUT2D eigenvalue weighted by Crippen LogP contribution is -2.45. The van der Waals surface area contributed by atoms with E-state index < -0.39 is 0 Å². The van der Waals surface area contributed by atoms with Gasteiger partial charge >= 0.3 is 0 Å². The van der Waals surface area contributed by atoms with Crippen LogP contribution in [0.1, 0.15) is 33.1 Å². The van der Waals surface area contributed by atoms with Crippen LogP contribution in [0.25, 0.3) is 0 Å². The zero-order valence-electron chi connectivity index (χ0n) is 14.0. The van der Waals surface area contributed by atoms with Crippen molar-refractivity contribution in [1.82, 2.24) is 10.2 Å². The number of thioether (sulfide) groups is 1. The lowest BCUT2D eigenvalue weighted by molar-refractivity contribution is -0.134. The number of hydrogen-bond acceptors (Lipinski definition) is 3. The molecule has 1 aliphatic rings. The molecule has 23 heavy (non-hydrogen) atoms. The number of benzene rings is 1. The van der Waals surface area contributed by atoms with Gasteiger partial charge in [0.1, 0.15) is 0 Å². The number of rotatable bonds is 6. The van der Waals surface area contributed by atoms with Crippen LogP contribution in [0.4, 0.5) is 0 Å². The lowest BCUT2D eigenvalue weighted by Gasteiger charge is -2.32. The van der Waals surface area contributed by atoms with E-state index in [1.165, 1.54) is 0 Å². The predicted molar refractivity (Wildman–Crippen MR) is 94.4 cm³/mol. The summed E-state index contributed by atoms with van der Waals surface area (Å²) in [4.78, 5) is 27.6. The number of hydrogen-bond donors (Lipinski definition) is 1. The van der Waals surface area contributed by atoms with Crippen molar-refractivity contribution >= 4 is 23.6 Å². The highest BCUT2D eigenvalue weighted by Crippen LogP contribution is 2.26. The SMILES string of the molecule is CCCNC(=O)C1CCN(C(=O)C(C)Sc2ccccc2)CC1. The van der Waals surface area contributed by atoms with Gasteiger partial charge in [0.25, 0.3) is 0 Å². The fourth-order valence-corrected chi connectivity index (χ4v) is 3.74. The first-order valence-electron chi connectivity index (χ1n) is 8.40. The van der Waals surface area contributed by atoms with Crippen LogP contribution < -0.4 is 5.32 Å². The van der Waals surface area contributed by atoms with E-state index in [1.54, 1.807) is 11.8 Å². The van der Waals surface area contributed by atoms with Gasteiger partial charge in [-0.2, -0.15) is 0 Å². The van der Waals surface area contributed by atoms with Crippen molar-refractivity contribution in [3.63, 3.8) is 0 Å². The number of carbonyl (C=O) groups excluding carboxylic acids is 2. The maximum Gasteiger partial charge on any atom is 0.235 e. The molecule has 0 aromatic heterocycles. The van der Waals surface area contributed by atoms with Gasteiger partial charge in [-0.3, -0.25) is 9.59 Å². The maximum absolute atomic E-state index is 12.6. The third-order valence-electron chi connectivity index (χ3n) is 4.13. The lowest BCUT2D eigenvalue weighted by atomic mass is 9.95. The van der Waals surface area contributed by atoms with Crippen LogP contribution in [0.2, 0.25) is 0 Å². The molecule has 4 nitrogen and oxygen atoms in total. The summed E-state index contributed by atoms with van der Waals surface area (Å²) in [5, 5.41) is 2.86. The van der Waals surface area contributed by atoms with Crippen molar-refractivity contribution in [3.05, 3.63) is 30.3 Å². The number of piperidine rings is 1. The molecule has 0 aliphatic carbocycles. The van der Waals surface area contributed by atoms with Crippen molar-refractivity contribution in [3.8, 4) is 0 Å². The van der Waals surface area contributed by atoms with E-state index >= 15 is 0 Å². The molecule has 2 amide bonds. The third-order valence-corrected chi connectivity index (χ3v) is 5.23. The summed E-state index contributed by atoms with van der Waals surface area (Å²) in [7, 11) is 0. The van der Waals surface area contributed by atoms with Crippen molar-refractivity contribution in [1.29, 1.82) is 0 Å². The molecular formula is C18H26N2O2S. The molecule has 0 bridgehead atoms. The standard InChI is InChI=1S/C18H26N2O2S/c1-3-11-19-17(21)15-9-12-20(13-10-15)18(22)14(2)23-16-7-5-4-6-8-16/h4-8,14-15H,3,9-13H2,1-2H3,(H,19,21). The summed E-state index contributed by atoms with van der Waals surface area (Å²) in [6, 6.07) is 10.0. The number of nitrogens with one attached hydrogen (secondary N) is 1. The second-order valence-electron chi connectivity index (χ2n) is 5.96. The second-order valence-corrected chi connectivity index (χ2v) is 7.38. The Morgan fingerprint density at radius 3 is 2.52 bits per heavy atom. The third kappa shape index (κ3) is 5.27. The van der Waals surface area contributed by atoms with Gasteiger partial charge in [-0.05, 0) is 38.3 Å². The van der Waals surface area contributed by atoms with E-state index in [0.29, 0.717) is 13.1 Å². The first-order chi connectivity index (χ1) is 11.1. The Labute approximate surface area is 143 Å². The second kappa shape index (κ2) is 8.96. The maximum atomic E-state index is 12.6. The number of carbonyl (C=O) groups is 2. The topological polar surface area (TPSA) is 49.4 Å². The summed E-state index contributed by atoms with van der Waals surface area (Å²) in [6.45, 7) is 6.11. The van der Waals surface area contributed by atoms with Gasteiger partial charge in [-0.1, -0.05) is 25.1 Å². The van der Waals surface area contributed by atoms with Gasteiger partial charge in [-0.25, -0.2) is 0 Å². The zero-order valence-corrected chi connectivity index (χ0v) is 14.8. The van der Waals surface area contributed by atoms with Gasteiger partial charge < -0.3 is 10.2 Å². The van der Waals surface area contributed by atoms with E-state index in [9.17, 15) is 9.59 Å². The minimum absolute atomic E-state index is 0.0580. The molecule has 1 heterocycles. The van der Waals surface area contributed by atoms with Gasteiger partial charge in [0.05, 0.1) is 5.25 Å². The molecule has 1 fully saturated rings. The van der Waals surface area contributed by atoms with Crippen molar-refractivity contribution < 1.29 is 9.59 Å². The summed E-state index contributed by atoms with van der Waals surface area (Å²) in [6.07, 6.45) is 2.49. The first kappa shape index (κ1) is 17.9. The number of amides is 2. The molecule has 0 spiro atoms. The van der Waals surface area contributed by atoms with Gasteiger partial charge in [0.2, 0.25) is 11.8 Å². The van der Waals surface area contributed by atoms with E-state index in [2.05, 4.69) is 5.32 Å². The Balaban J connectivity index is 1.80. The number of likely N-dealkylation sites (tertiary alicyclic amines) is 1. The molecule has 1 aliphatic heterocycles. The monoisotopic (exact) mass is 334 g/mol. The van der Waals surface area contributed by atoms with Crippen LogP contribution in [-0.4, -0.2) is 41.6 Å². The Morgan fingerprint density at radius 1 is 1.26 bits per heavy atom. The van der Waals surface area contributed by atoms with E-state index in [0.717, 1.165) is 30.7 Å². The summed E-state index contributed by atoms with van der Waals surface area (Å²) in [5.74, 6) is 0.375. The smallest absolute Gasteiger partial charge is 0.235 e. The Morgan fingerprint density at radius 2 is 1.91 bits per heavy atom. The first-order valence-corrected chi connectivity index (χ1v) is 9.28. The van der Waals surface area contributed by atoms with Gasteiger partial charge in [-0.15, -0.1) is 11.8 Å². The quantitative estimate of drug-likeness (QED) is 0.814. The van der Waals surface area contributed by atoms with Gasteiger partial charge in [0, 0.05) is 30.4 Å². The average molecular weight is 334 g/mol. The largest absolute Gasteiger partial charge is 0.356 e. The zero-order chi connectivity index (χ0) is 16.7. The fourth-order valence-electron chi connectivity index (χ4n) is 2.77. The highest BCUT2D eigenvalue weighted by atomic mass is 32.2. The molecular weight excluding hydrogens is 308 g/mol. The average Bonchev–Trinajstić information content (AvgIpc) is 2.60. The van der Waals surface area contributed by atoms with Crippen LogP contribution in [0.5, 0.6) is 0 Å². The molecule has 126 valence electrons. The molecule has 1 atom stereocenters. The van der Waals surface area contributed by atoms with Crippen molar-refractivity contribution in [2.24, 2.45) is 5.92 Å². The summed E-state index contributed by atoms with van der Waals surface area (Å²) in [5.41, 5.74) is 0. The van der Waals surface area contributed by atoms with E-state index in [-0.39, 0.29) is 23.0 Å². The Hall–Kier alpha value is -1.49. The van der Waals surface area contributed by atoms with Crippen LogP contribution in [0.15, 0.2) is 35.2 Å². The molecule has 5 heteroatoms. The highest BCUT2D eigenvalue weighted by molar-refractivity contribution is 8.00. The molecule has 2 rings (SSSR count). The molecule has 1 unspecified atom stereocenters. The molecule has 0 saturated carbocycles. The fraction of sp³-hybridized carbons (Fsp3) is 0.556. The van der Waals surface area contributed by atoms with Crippen LogP contribution in [-0.2, 0) is 9.59 Å². The predicted octanol–water partition coefficient (Wildman–Crippen LogP) is 2.93. The molecule has 0 radical (unpaired) electrons. The molecule has 1 saturated heterocycles. The van der Waals surface area contributed by atoms with Crippen LogP contribution in [0, 0.1) is 5.92 Å². The highest BCUT2D eigenvalue weighted by Gasteiger charge is 2.29. The van der Waals surface area contributed by atoms with E-state index in [4.69, 9.17) is 0 Å². The normalized spacial score (nSPS) is 16.9. The Bertz CT molecular complexity index is 513. The van der Waals surface area contributed by atoms with Crippen molar-refractivity contribution in [2.75, 3.05) is 19.6 Å². The molecule has 1 aromatic rings. The Kier molecular flexibility index (Phi) is 6.96. The summed E-state index contributed by atoms with van der Waals surface area (Å²) >= 11 is 1.59. The van der Waals surface area contributed by atoms with Crippen molar-refractivity contribution in [2.45, 2.75) is 43.3 Å².